The largest absolute Gasteiger partial charge is 0.480 e. The van der Waals surface area contributed by atoms with Crippen molar-refractivity contribution in [3.05, 3.63) is 33.8 Å². The fourth-order valence-corrected chi connectivity index (χ4v) is 1.88. The molecule has 1 atom stereocenters. The smallest absolute Gasteiger partial charge is 0.317 e. The van der Waals surface area contributed by atoms with E-state index in [4.69, 9.17) is 28.3 Å². The van der Waals surface area contributed by atoms with Crippen molar-refractivity contribution in [2.45, 2.75) is 13.0 Å². The number of nitrogens with zero attached hydrogens (tertiary/aromatic N) is 1. The van der Waals surface area contributed by atoms with E-state index < -0.39 is 5.97 Å². The highest BCUT2D eigenvalue weighted by Crippen LogP contribution is 2.28. The molecule has 1 unspecified atom stereocenters. The molecular weight excluding hydrogens is 249 g/mol. The highest BCUT2D eigenvalue weighted by atomic mass is 35.5. The van der Waals surface area contributed by atoms with Crippen molar-refractivity contribution >= 4 is 29.2 Å². The van der Waals surface area contributed by atoms with Gasteiger partial charge in [0.05, 0.1) is 6.54 Å². The molecule has 0 saturated carbocycles. The highest BCUT2D eigenvalue weighted by Gasteiger charge is 2.17. The summed E-state index contributed by atoms with van der Waals surface area (Å²) in [5.41, 5.74) is 0.831. The van der Waals surface area contributed by atoms with Crippen LogP contribution in [-0.4, -0.2) is 29.6 Å². The van der Waals surface area contributed by atoms with E-state index in [-0.39, 0.29) is 12.6 Å². The van der Waals surface area contributed by atoms with Gasteiger partial charge in [0.1, 0.15) is 0 Å². The van der Waals surface area contributed by atoms with Crippen LogP contribution in [0.4, 0.5) is 0 Å². The average Bonchev–Trinajstić information content (AvgIpc) is 2.19. The maximum absolute atomic E-state index is 10.6. The Morgan fingerprint density at radius 3 is 2.69 bits per heavy atom. The Morgan fingerprint density at radius 1 is 1.50 bits per heavy atom. The standard InChI is InChI=1S/C11H13Cl2NO2/c1-7(14(2)6-11(15)16)9-5-8(12)3-4-10(9)13/h3-5,7H,6H2,1-2H3,(H,15,16). The first-order chi connectivity index (χ1) is 7.41. The maximum atomic E-state index is 10.6. The Labute approximate surface area is 105 Å². The number of benzene rings is 1. The maximum Gasteiger partial charge on any atom is 0.317 e. The molecule has 0 saturated heterocycles. The summed E-state index contributed by atoms with van der Waals surface area (Å²) in [5, 5.41) is 9.89. The molecule has 1 rings (SSSR count). The van der Waals surface area contributed by atoms with Gasteiger partial charge in [0.2, 0.25) is 0 Å². The lowest BCUT2D eigenvalue weighted by Crippen LogP contribution is -2.28. The van der Waals surface area contributed by atoms with Crippen LogP contribution in [0.3, 0.4) is 0 Å². The number of carboxylic acid groups (broad SMARTS) is 1. The quantitative estimate of drug-likeness (QED) is 0.906. The second-order valence-corrected chi connectivity index (χ2v) is 4.49. The summed E-state index contributed by atoms with van der Waals surface area (Å²) in [7, 11) is 1.73. The van der Waals surface area contributed by atoms with E-state index in [0.29, 0.717) is 10.0 Å². The molecule has 5 heteroatoms. The molecule has 16 heavy (non-hydrogen) atoms. The zero-order valence-electron chi connectivity index (χ0n) is 9.08. The van der Waals surface area contributed by atoms with Gasteiger partial charge in [-0.2, -0.15) is 0 Å². The Kier molecular flexibility index (Phi) is 4.59. The van der Waals surface area contributed by atoms with Gasteiger partial charge < -0.3 is 5.11 Å². The van der Waals surface area contributed by atoms with Crippen molar-refractivity contribution in [1.29, 1.82) is 0 Å². The van der Waals surface area contributed by atoms with E-state index in [2.05, 4.69) is 0 Å². The number of rotatable bonds is 4. The predicted molar refractivity (Wildman–Crippen MR) is 65.1 cm³/mol. The molecule has 0 aliphatic rings. The molecule has 1 aromatic rings. The van der Waals surface area contributed by atoms with Gasteiger partial charge in [-0.1, -0.05) is 23.2 Å². The summed E-state index contributed by atoms with van der Waals surface area (Å²) in [6, 6.07) is 5.08. The minimum atomic E-state index is -0.868. The SMILES string of the molecule is CC(c1cc(Cl)ccc1Cl)N(C)CC(=O)O. The van der Waals surface area contributed by atoms with E-state index in [9.17, 15) is 4.79 Å². The molecule has 0 amide bonds. The molecule has 0 bridgehead atoms. The Morgan fingerprint density at radius 2 is 2.12 bits per heavy atom. The summed E-state index contributed by atoms with van der Waals surface area (Å²) in [6.45, 7) is 1.85. The molecule has 0 aliphatic heterocycles. The van der Waals surface area contributed by atoms with Crippen molar-refractivity contribution in [2.24, 2.45) is 0 Å². The summed E-state index contributed by atoms with van der Waals surface area (Å²) >= 11 is 11.9. The summed E-state index contributed by atoms with van der Waals surface area (Å²) in [6.07, 6.45) is 0. The number of carbonyl (C=O) groups is 1. The molecule has 0 radical (unpaired) electrons. The average molecular weight is 262 g/mol. The minimum Gasteiger partial charge on any atom is -0.480 e. The third-order valence-electron chi connectivity index (χ3n) is 2.45. The number of hydrogen-bond donors (Lipinski definition) is 1. The monoisotopic (exact) mass is 261 g/mol. The van der Waals surface area contributed by atoms with E-state index in [1.807, 2.05) is 6.92 Å². The molecule has 3 nitrogen and oxygen atoms in total. The summed E-state index contributed by atoms with van der Waals surface area (Å²) < 4.78 is 0. The van der Waals surface area contributed by atoms with Crippen molar-refractivity contribution in [1.82, 2.24) is 4.90 Å². The van der Waals surface area contributed by atoms with Gasteiger partial charge >= 0.3 is 5.97 Å². The van der Waals surface area contributed by atoms with E-state index in [1.165, 1.54) is 0 Å². The van der Waals surface area contributed by atoms with Gasteiger partial charge in [0.25, 0.3) is 0 Å². The van der Waals surface area contributed by atoms with E-state index in [1.54, 1.807) is 30.1 Å². The van der Waals surface area contributed by atoms with Crippen molar-refractivity contribution in [2.75, 3.05) is 13.6 Å². The first-order valence-corrected chi connectivity index (χ1v) is 5.54. The van der Waals surface area contributed by atoms with Gasteiger partial charge in [-0.3, -0.25) is 9.69 Å². The lowest BCUT2D eigenvalue weighted by molar-refractivity contribution is -0.138. The number of carboxylic acids is 1. The molecule has 1 aromatic carbocycles. The van der Waals surface area contributed by atoms with Crippen LogP contribution in [0.5, 0.6) is 0 Å². The number of aliphatic carboxylic acids is 1. The molecule has 0 aromatic heterocycles. The van der Waals surface area contributed by atoms with Gasteiger partial charge in [0.15, 0.2) is 0 Å². The molecule has 0 heterocycles. The lowest BCUT2D eigenvalue weighted by Gasteiger charge is -2.24. The first-order valence-electron chi connectivity index (χ1n) is 4.78. The van der Waals surface area contributed by atoms with Gasteiger partial charge in [-0.05, 0) is 37.7 Å². The minimum absolute atomic E-state index is 0.0377. The first kappa shape index (κ1) is 13.3. The van der Waals surface area contributed by atoms with Crippen LogP contribution >= 0.6 is 23.2 Å². The molecule has 88 valence electrons. The van der Waals surface area contributed by atoms with Crippen LogP contribution in [0.1, 0.15) is 18.5 Å². The second-order valence-electron chi connectivity index (χ2n) is 3.65. The van der Waals surface area contributed by atoms with Gasteiger partial charge in [-0.25, -0.2) is 0 Å². The van der Waals surface area contributed by atoms with E-state index >= 15 is 0 Å². The topological polar surface area (TPSA) is 40.5 Å². The fourth-order valence-electron chi connectivity index (χ4n) is 1.42. The Balaban J connectivity index is 2.90. The normalized spacial score (nSPS) is 12.8. The third kappa shape index (κ3) is 3.37. The van der Waals surface area contributed by atoms with Gasteiger partial charge in [-0.15, -0.1) is 0 Å². The zero-order chi connectivity index (χ0) is 12.3. The number of likely N-dealkylation sites (N-methyl/N-ethyl adjacent to an activating group) is 1. The van der Waals surface area contributed by atoms with Crippen LogP contribution in [0.25, 0.3) is 0 Å². The second kappa shape index (κ2) is 5.53. The molecule has 0 aliphatic carbocycles. The van der Waals surface area contributed by atoms with Crippen LogP contribution in [0.15, 0.2) is 18.2 Å². The molecular formula is C11H13Cl2NO2. The lowest BCUT2D eigenvalue weighted by atomic mass is 10.1. The molecule has 0 fully saturated rings. The Bertz CT molecular complexity index is 396. The summed E-state index contributed by atoms with van der Waals surface area (Å²) in [4.78, 5) is 12.3. The van der Waals surface area contributed by atoms with Crippen molar-refractivity contribution in [3.63, 3.8) is 0 Å². The third-order valence-corrected chi connectivity index (χ3v) is 3.03. The predicted octanol–water partition coefficient (Wildman–Crippen LogP) is 3.07. The van der Waals surface area contributed by atoms with Crippen LogP contribution in [0, 0.1) is 0 Å². The van der Waals surface area contributed by atoms with Crippen LogP contribution in [0.2, 0.25) is 10.0 Å². The Hall–Kier alpha value is -0.770. The van der Waals surface area contributed by atoms with Crippen LogP contribution < -0.4 is 0 Å². The fraction of sp³-hybridized carbons (Fsp3) is 0.364. The highest BCUT2D eigenvalue weighted by molar-refractivity contribution is 6.33. The molecule has 1 N–H and O–H groups in total. The summed E-state index contributed by atoms with van der Waals surface area (Å²) in [5.74, 6) is -0.868. The van der Waals surface area contributed by atoms with E-state index in [0.717, 1.165) is 5.56 Å². The zero-order valence-corrected chi connectivity index (χ0v) is 10.6. The van der Waals surface area contributed by atoms with Crippen molar-refractivity contribution < 1.29 is 9.90 Å². The number of hydrogen-bond acceptors (Lipinski definition) is 2. The molecule has 0 spiro atoms. The van der Waals surface area contributed by atoms with Crippen molar-refractivity contribution in [3.8, 4) is 0 Å². The van der Waals surface area contributed by atoms with Crippen LogP contribution in [-0.2, 0) is 4.79 Å². The van der Waals surface area contributed by atoms with Gasteiger partial charge in [0, 0.05) is 16.1 Å². The number of halogens is 2.